The summed E-state index contributed by atoms with van der Waals surface area (Å²) in [4.78, 5) is 4.31. The fourth-order valence-electron chi connectivity index (χ4n) is 2.09. The van der Waals surface area contributed by atoms with E-state index in [1.165, 1.54) is 0 Å². The van der Waals surface area contributed by atoms with Crippen LogP contribution in [0.5, 0.6) is 11.5 Å². The normalized spacial score (nSPS) is 11.5. The maximum absolute atomic E-state index is 6.31. The minimum absolute atomic E-state index is 0.269. The molecule has 0 atom stereocenters. The van der Waals surface area contributed by atoms with Crippen molar-refractivity contribution in [1.29, 1.82) is 0 Å². The summed E-state index contributed by atoms with van der Waals surface area (Å²) in [5.41, 5.74) is 1.75. The number of methoxy groups -OCH3 is 1. The Morgan fingerprint density at radius 3 is 2.92 bits per heavy atom. The Balaban J connectivity index is 1.85. The van der Waals surface area contributed by atoms with E-state index in [4.69, 9.17) is 25.6 Å². The highest BCUT2D eigenvalue weighted by Crippen LogP contribution is 2.31. The monoisotopic (exact) mass is 362 g/mol. The molecule has 0 unspecified atom stereocenters. The van der Waals surface area contributed by atoms with Crippen molar-refractivity contribution in [3.63, 3.8) is 0 Å². The summed E-state index contributed by atoms with van der Waals surface area (Å²) in [7, 11) is 1.60. The van der Waals surface area contributed by atoms with Gasteiger partial charge in [-0.2, -0.15) is 16.3 Å². The molecular formula is C17H15ClN2O3S. The minimum atomic E-state index is 0.269. The van der Waals surface area contributed by atoms with Gasteiger partial charge in [-0.25, -0.2) is 0 Å². The molecule has 2 aromatic heterocycles. The van der Waals surface area contributed by atoms with Gasteiger partial charge >= 0.3 is 0 Å². The molecule has 124 valence electrons. The van der Waals surface area contributed by atoms with E-state index in [0.29, 0.717) is 29.0 Å². The van der Waals surface area contributed by atoms with Crippen LogP contribution in [0.4, 0.5) is 0 Å². The van der Waals surface area contributed by atoms with Gasteiger partial charge in [0.25, 0.3) is 5.89 Å². The summed E-state index contributed by atoms with van der Waals surface area (Å²) in [5, 5.41) is 8.20. The summed E-state index contributed by atoms with van der Waals surface area (Å²) in [5.74, 6) is 2.11. The number of thiophene rings is 1. The molecule has 0 aliphatic rings. The van der Waals surface area contributed by atoms with Gasteiger partial charge in [-0.05, 0) is 42.1 Å². The van der Waals surface area contributed by atoms with Gasteiger partial charge < -0.3 is 14.0 Å². The van der Waals surface area contributed by atoms with E-state index in [2.05, 4.69) is 10.1 Å². The first-order chi connectivity index (χ1) is 11.7. The van der Waals surface area contributed by atoms with Crippen molar-refractivity contribution in [1.82, 2.24) is 10.1 Å². The van der Waals surface area contributed by atoms with Crippen LogP contribution in [-0.4, -0.2) is 23.9 Å². The van der Waals surface area contributed by atoms with Crippen molar-refractivity contribution in [3.8, 4) is 22.9 Å². The molecule has 0 fully saturated rings. The molecule has 7 heteroatoms. The highest BCUT2D eigenvalue weighted by atomic mass is 35.5. The van der Waals surface area contributed by atoms with Crippen LogP contribution >= 0.6 is 22.9 Å². The molecule has 0 amide bonds. The summed E-state index contributed by atoms with van der Waals surface area (Å²) in [6.45, 7) is 2.49. The molecule has 0 aliphatic carbocycles. The second kappa shape index (κ2) is 7.51. The largest absolute Gasteiger partial charge is 0.493 e. The third-order valence-electron chi connectivity index (χ3n) is 3.19. The Hall–Kier alpha value is -2.31. The van der Waals surface area contributed by atoms with E-state index in [-0.39, 0.29) is 5.89 Å². The van der Waals surface area contributed by atoms with Gasteiger partial charge in [-0.15, -0.1) is 0 Å². The fraction of sp³-hybridized carbons (Fsp3) is 0.176. The molecule has 5 nitrogen and oxygen atoms in total. The number of halogens is 1. The lowest BCUT2D eigenvalue weighted by atomic mass is 10.2. The minimum Gasteiger partial charge on any atom is -0.493 e. The predicted molar refractivity (Wildman–Crippen MR) is 95.5 cm³/mol. The zero-order chi connectivity index (χ0) is 16.9. The van der Waals surface area contributed by atoms with Crippen molar-refractivity contribution in [2.45, 2.75) is 6.92 Å². The van der Waals surface area contributed by atoms with Crippen LogP contribution in [0, 0.1) is 0 Å². The van der Waals surface area contributed by atoms with E-state index >= 15 is 0 Å². The number of rotatable bonds is 6. The van der Waals surface area contributed by atoms with Crippen LogP contribution in [0.15, 0.2) is 39.5 Å². The van der Waals surface area contributed by atoms with Crippen LogP contribution in [0.2, 0.25) is 0 Å². The van der Waals surface area contributed by atoms with E-state index < -0.39 is 0 Å². The zero-order valence-corrected chi connectivity index (χ0v) is 14.7. The number of benzene rings is 1. The van der Waals surface area contributed by atoms with Crippen molar-refractivity contribution >= 4 is 34.0 Å². The van der Waals surface area contributed by atoms with Crippen molar-refractivity contribution in [2.75, 3.05) is 13.7 Å². The van der Waals surface area contributed by atoms with Crippen LogP contribution in [0.3, 0.4) is 0 Å². The Bertz CT molecular complexity index is 843. The number of ether oxygens (including phenoxy) is 2. The first-order valence-corrected chi connectivity index (χ1v) is 8.58. The molecule has 24 heavy (non-hydrogen) atoms. The van der Waals surface area contributed by atoms with Crippen LogP contribution in [0.1, 0.15) is 18.4 Å². The average Bonchev–Trinajstić information content (AvgIpc) is 3.27. The van der Waals surface area contributed by atoms with Crippen LogP contribution in [0.25, 0.3) is 22.5 Å². The molecular weight excluding hydrogens is 348 g/mol. The summed E-state index contributed by atoms with van der Waals surface area (Å²) in [6.07, 6.45) is 1.74. The highest BCUT2D eigenvalue weighted by Gasteiger charge is 2.12. The van der Waals surface area contributed by atoms with E-state index in [0.717, 1.165) is 11.1 Å². The highest BCUT2D eigenvalue weighted by molar-refractivity contribution is 7.08. The lowest BCUT2D eigenvalue weighted by Crippen LogP contribution is -1.95. The third kappa shape index (κ3) is 3.60. The molecule has 0 N–H and O–H groups in total. The topological polar surface area (TPSA) is 57.4 Å². The lowest BCUT2D eigenvalue weighted by Gasteiger charge is -2.09. The summed E-state index contributed by atoms with van der Waals surface area (Å²) < 4.78 is 16.1. The van der Waals surface area contributed by atoms with Gasteiger partial charge in [0, 0.05) is 10.9 Å². The van der Waals surface area contributed by atoms with Gasteiger partial charge in [0.1, 0.15) is 5.03 Å². The summed E-state index contributed by atoms with van der Waals surface area (Å²) >= 11 is 7.88. The van der Waals surface area contributed by atoms with Crippen LogP contribution < -0.4 is 9.47 Å². The molecule has 0 saturated heterocycles. The number of nitrogens with zero attached hydrogens (tertiary/aromatic N) is 2. The molecule has 3 aromatic rings. The van der Waals surface area contributed by atoms with E-state index in [9.17, 15) is 0 Å². The van der Waals surface area contributed by atoms with Gasteiger partial charge in [0.05, 0.1) is 13.7 Å². The van der Waals surface area contributed by atoms with Crippen molar-refractivity contribution < 1.29 is 14.0 Å². The average molecular weight is 363 g/mol. The SMILES string of the molecule is CCOc1ccc(C=C(Cl)c2nc(-c3ccsc3)no2)cc1OC. The maximum Gasteiger partial charge on any atom is 0.269 e. The van der Waals surface area contributed by atoms with Crippen molar-refractivity contribution in [2.24, 2.45) is 0 Å². The van der Waals surface area contributed by atoms with E-state index in [1.54, 1.807) is 24.5 Å². The van der Waals surface area contributed by atoms with E-state index in [1.807, 2.05) is 41.9 Å². The molecule has 0 saturated carbocycles. The maximum atomic E-state index is 6.31. The van der Waals surface area contributed by atoms with Crippen LogP contribution in [-0.2, 0) is 0 Å². The number of hydrogen-bond donors (Lipinski definition) is 0. The molecule has 2 heterocycles. The van der Waals surface area contributed by atoms with Gasteiger partial charge in [-0.3, -0.25) is 0 Å². The Morgan fingerprint density at radius 2 is 2.21 bits per heavy atom. The molecule has 3 rings (SSSR count). The quantitative estimate of drug-likeness (QED) is 0.621. The first-order valence-electron chi connectivity index (χ1n) is 7.26. The third-order valence-corrected chi connectivity index (χ3v) is 4.14. The van der Waals surface area contributed by atoms with Crippen molar-refractivity contribution in [3.05, 3.63) is 46.5 Å². The van der Waals surface area contributed by atoms with Gasteiger partial charge in [0.2, 0.25) is 5.82 Å². The number of aromatic nitrogens is 2. The zero-order valence-electron chi connectivity index (χ0n) is 13.2. The molecule has 0 aliphatic heterocycles. The molecule has 0 bridgehead atoms. The van der Waals surface area contributed by atoms with Gasteiger partial charge in [-0.1, -0.05) is 22.8 Å². The molecule has 1 aromatic carbocycles. The second-order valence-electron chi connectivity index (χ2n) is 4.77. The Labute approximate surface area is 148 Å². The lowest BCUT2D eigenvalue weighted by molar-refractivity contribution is 0.311. The standard InChI is InChI=1S/C17H15ClN2O3S/c1-3-22-14-5-4-11(9-15(14)21-2)8-13(18)17-19-16(20-23-17)12-6-7-24-10-12/h4-10H,3H2,1-2H3. The Kier molecular flexibility index (Phi) is 5.17. The second-order valence-corrected chi connectivity index (χ2v) is 5.96. The molecule has 0 radical (unpaired) electrons. The number of hydrogen-bond acceptors (Lipinski definition) is 6. The van der Waals surface area contributed by atoms with Gasteiger partial charge in [0.15, 0.2) is 11.5 Å². The fourth-order valence-corrected chi connectivity index (χ4v) is 2.92. The Morgan fingerprint density at radius 1 is 1.33 bits per heavy atom. The first kappa shape index (κ1) is 16.5. The smallest absolute Gasteiger partial charge is 0.269 e. The molecule has 0 spiro atoms. The predicted octanol–water partition coefficient (Wildman–Crippen LogP) is 4.94. The summed E-state index contributed by atoms with van der Waals surface area (Å²) in [6, 6.07) is 7.48.